The molecule has 0 aliphatic carbocycles. The first-order chi connectivity index (χ1) is 13.5. The van der Waals surface area contributed by atoms with Gasteiger partial charge in [0, 0.05) is 24.8 Å². The molecule has 3 aromatic heterocycles. The third-order valence-corrected chi connectivity index (χ3v) is 4.97. The van der Waals surface area contributed by atoms with Crippen LogP contribution in [0.3, 0.4) is 0 Å². The third kappa shape index (κ3) is 3.02. The molecular formula is C17H13Cl2FN8. The summed E-state index contributed by atoms with van der Waals surface area (Å²) in [5.74, 6) is 0.803. The predicted molar refractivity (Wildman–Crippen MR) is 103 cm³/mol. The highest BCUT2D eigenvalue weighted by atomic mass is 35.5. The van der Waals surface area contributed by atoms with Crippen molar-refractivity contribution in [3.8, 4) is 5.95 Å². The molecule has 0 bridgehead atoms. The second kappa shape index (κ2) is 7.25. The molecule has 4 rings (SSSR count). The average molecular weight is 419 g/mol. The second-order valence-electron chi connectivity index (χ2n) is 5.95. The number of fused-ring (bicyclic) bond motifs is 1. The Morgan fingerprint density at radius 1 is 1.07 bits per heavy atom. The van der Waals surface area contributed by atoms with E-state index in [4.69, 9.17) is 23.2 Å². The normalized spacial score (nSPS) is 12.3. The molecule has 0 N–H and O–H groups in total. The molecule has 0 spiro atoms. The zero-order valence-corrected chi connectivity index (χ0v) is 16.3. The summed E-state index contributed by atoms with van der Waals surface area (Å²) >= 11 is 12.1. The number of halogens is 3. The lowest BCUT2D eigenvalue weighted by Crippen LogP contribution is -2.26. The third-order valence-electron chi connectivity index (χ3n) is 4.35. The van der Waals surface area contributed by atoms with E-state index >= 15 is 0 Å². The molecule has 0 aliphatic heterocycles. The Balaban J connectivity index is 1.79. The van der Waals surface area contributed by atoms with Gasteiger partial charge in [0.2, 0.25) is 0 Å². The van der Waals surface area contributed by atoms with Crippen LogP contribution in [0.25, 0.3) is 16.9 Å². The Kier molecular flexibility index (Phi) is 4.78. The van der Waals surface area contributed by atoms with Crippen LogP contribution < -0.4 is 4.90 Å². The lowest BCUT2D eigenvalue weighted by atomic mass is 10.2. The minimum absolute atomic E-state index is 0.101. The molecule has 0 fully saturated rings. The number of nitrogens with zero attached hydrogens (tertiary/aromatic N) is 8. The standard InChI is InChI=1S/C17H13Cl2FN8/c1-9(15-25-8-26-28(15)17-21-4-3-5-22-17)27(2)16-10-6-11(18)13(20)12(19)14(10)23-7-24-16/h3-9H,1-2H3. The summed E-state index contributed by atoms with van der Waals surface area (Å²) in [5.41, 5.74) is 0.278. The van der Waals surface area contributed by atoms with E-state index in [9.17, 15) is 4.39 Å². The lowest BCUT2D eigenvalue weighted by molar-refractivity contribution is 0.628. The van der Waals surface area contributed by atoms with Gasteiger partial charge in [-0.2, -0.15) is 9.78 Å². The van der Waals surface area contributed by atoms with Crippen molar-refractivity contribution in [3.05, 3.63) is 58.9 Å². The molecule has 8 nitrogen and oxygen atoms in total. The van der Waals surface area contributed by atoms with Gasteiger partial charge in [-0.15, -0.1) is 0 Å². The van der Waals surface area contributed by atoms with Gasteiger partial charge >= 0.3 is 0 Å². The fourth-order valence-corrected chi connectivity index (χ4v) is 3.33. The summed E-state index contributed by atoms with van der Waals surface area (Å²) in [5, 5.41) is 4.49. The zero-order valence-electron chi connectivity index (χ0n) is 14.8. The second-order valence-corrected chi connectivity index (χ2v) is 6.73. The summed E-state index contributed by atoms with van der Waals surface area (Å²) < 4.78 is 15.6. The lowest BCUT2D eigenvalue weighted by Gasteiger charge is -2.26. The largest absolute Gasteiger partial charge is 0.349 e. The van der Waals surface area contributed by atoms with E-state index in [1.807, 2.05) is 18.9 Å². The van der Waals surface area contributed by atoms with Crippen LogP contribution in [0.5, 0.6) is 0 Å². The SMILES string of the molecule is CC(c1ncnn1-c1ncccn1)N(C)c1ncnc2c(Cl)c(F)c(Cl)cc12. The highest BCUT2D eigenvalue weighted by Crippen LogP contribution is 2.36. The van der Waals surface area contributed by atoms with Crippen molar-refractivity contribution < 1.29 is 4.39 Å². The Morgan fingerprint density at radius 2 is 1.82 bits per heavy atom. The van der Waals surface area contributed by atoms with Crippen molar-refractivity contribution in [2.24, 2.45) is 0 Å². The Hall–Kier alpha value is -2.91. The molecule has 0 saturated heterocycles. The Morgan fingerprint density at radius 3 is 2.57 bits per heavy atom. The van der Waals surface area contributed by atoms with Crippen molar-refractivity contribution in [2.45, 2.75) is 13.0 Å². The van der Waals surface area contributed by atoms with E-state index in [-0.39, 0.29) is 21.6 Å². The van der Waals surface area contributed by atoms with E-state index < -0.39 is 5.82 Å². The molecule has 0 radical (unpaired) electrons. The molecular weight excluding hydrogens is 406 g/mol. The molecule has 3 heterocycles. The molecule has 11 heteroatoms. The van der Waals surface area contributed by atoms with Gasteiger partial charge in [-0.05, 0) is 19.1 Å². The summed E-state index contributed by atoms with van der Waals surface area (Å²) in [6.07, 6.45) is 6.00. The van der Waals surface area contributed by atoms with Crippen LogP contribution >= 0.6 is 23.2 Å². The maximum absolute atomic E-state index is 14.0. The predicted octanol–water partition coefficient (Wildman–Crippen LogP) is 3.64. The number of anilines is 1. The number of aromatic nitrogens is 7. The molecule has 1 aromatic carbocycles. The minimum atomic E-state index is -0.711. The topological polar surface area (TPSA) is 85.5 Å². The Labute approximate surface area is 169 Å². The number of rotatable bonds is 4. The molecule has 0 aliphatic rings. The van der Waals surface area contributed by atoms with Crippen LogP contribution in [0.4, 0.5) is 10.2 Å². The van der Waals surface area contributed by atoms with Crippen LogP contribution in [-0.2, 0) is 0 Å². The summed E-state index contributed by atoms with van der Waals surface area (Å²) in [4.78, 5) is 23.0. The minimum Gasteiger partial charge on any atom is -0.349 e. The molecule has 1 unspecified atom stereocenters. The molecule has 4 aromatic rings. The molecule has 1 atom stereocenters. The summed E-state index contributed by atoms with van der Waals surface area (Å²) in [7, 11) is 1.82. The maximum atomic E-state index is 14.0. The fraction of sp³-hybridized carbons (Fsp3) is 0.176. The summed E-state index contributed by atoms with van der Waals surface area (Å²) in [6, 6.07) is 2.89. The van der Waals surface area contributed by atoms with Crippen molar-refractivity contribution in [3.63, 3.8) is 0 Å². The van der Waals surface area contributed by atoms with Gasteiger partial charge in [-0.25, -0.2) is 29.3 Å². The van der Waals surface area contributed by atoms with Crippen molar-refractivity contribution in [1.29, 1.82) is 0 Å². The van der Waals surface area contributed by atoms with Crippen LogP contribution in [0.15, 0.2) is 37.2 Å². The van der Waals surface area contributed by atoms with Crippen LogP contribution in [0.1, 0.15) is 18.8 Å². The first-order valence-electron chi connectivity index (χ1n) is 8.17. The van der Waals surface area contributed by atoms with Crippen molar-refractivity contribution >= 4 is 39.9 Å². The molecule has 0 amide bonds. The van der Waals surface area contributed by atoms with Gasteiger partial charge in [0.05, 0.1) is 16.6 Å². The highest BCUT2D eigenvalue weighted by molar-refractivity contribution is 6.38. The van der Waals surface area contributed by atoms with Crippen LogP contribution in [0.2, 0.25) is 10.0 Å². The van der Waals surface area contributed by atoms with E-state index in [1.54, 1.807) is 23.1 Å². The first kappa shape index (κ1) is 18.5. The van der Waals surface area contributed by atoms with Gasteiger partial charge in [0.25, 0.3) is 5.95 Å². The molecule has 142 valence electrons. The molecule has 28 heavy (non-hydrogen) atoms. The fourth-order valence-electron chi connectivity index (χ4n) is 2.82. The quantitative estimate of drug-likeness (QED) is 0.467. The maximum Gasteiger partial charge on any atom is 0.252 e. The van der Waals surface area contributed by atoms with Crippen LogP contribution in [-0.4, -0.2) is 41.7 Å². The van der Waals surface area contributed by atoms with E-state index in [2.05, 4.69) is 30.0 Å². The first-order valence-corrected chi connectivity index (χ1v) is 8.93. The van der Waals surface area contributed by atoms with Gasteiger partial charge in [0.15, 0.2) is 11.6 Å². The van der Waals surface area contributed by atoms with Gasteiger partial charge in [0.1, 0.15) is 23.5 Å². The van der Waals surface area contributed by atoms with E-state index in [1.165, 1.54) is 18.7 Å². The van der Waals surface area contributed by atoms with Crippen LogP contribution in [0, 0.1) is 5.82 Å². The van der Waals surface area contributed by atoms with Crippen molar-refractivity contribution in [1.82, 2.24) is 34.7 Å². The van der Waals surface area contributed by atoms with Gasteiger partial charge in [-0.3, -0.25) is 0 Å². The van der Waals surface area contributed by atoms with Gasteiger partial charge < -0.3 is 4.90 Å². The smallest absolute Gasteiger partial charge is 0.252 e. The summed E-state index contributed by atoms with van der Waals surface area (Å²) in [6.45, 7) is 1.92. The monoisotopic (exact) mass is 418 g/mol. The Bertz CT molecular complexity index is 1150. The number of benzene rings is 1. The highest BCUT2D eigenvalue weighted by Gasteiger charge is 2.24. The van der Waals surface area contributed by atoms with E-state index in [0.717, 1.165) is 0 Å². The molecule has 0 saturated carbocycles. The zero-order chi connectivity index (χ0) is 19.8. The van der Waals surface area contributed by atoms with Gasteiger partial charge in [-0.1, -0.05) is 23.2 Å². The number of hydrogen-bond acceptors (Lipinski definition) is 7. The average Bonchev–Trinajstić information content (AvgIpc) is 3.21. The van der Waals surface area contributed by atoms with Crippen molar-refractivity contribution in [2.75, 3.05) is 11.9 Å². The van der Waals surface area contributed by atoms with E-state index in [0.29, 0.717) is 23.0 Å². The number of hydrogen-bond donors (Lipinski definition) is 0.